The molecule has 92 heavy (non-hydrogen) atoms. The number of rotatable bonds is 37. The first-order valence-electron chi connectivity index (χ1n) is 31.6. The summed E-state index contributed by atoms with van der Waals surface area (Å²) >= 11 is 1.74. The van der Waals surface area contributed by atoms with E-state index >= 15 is 0 Å². The van der Waals surface area contributed by atoms with Crippen molar-refractivity contribution >= 4 is 79.5 Å². The zero-order valence-corrected chi connectivity index (χ0v) is 57.1. The maximum Gasteiger partial charge on any atom is 0.248 e. The molecule has 3 unspecified atom stereocenters. The Morgan fingerprint density at radius 1 is 0.565 bits per heavy atom. The molecule has 0 fully saturated rings. The van der Waals surface area contributed by atoms with Crippen LogP contribution in [-0.2, 0) is 76.1 Å². The van der Waals surface area contributed by atoms with Gasteiger partial charge < -0.3 is 38.7 Å². The summed E-state index contributed by atoms with van der Waals surface area (Å²) in [4.78, 5) is 38.2. The molecule has 2 heterocycles. The molecule has 0 saturated heterocycles. The van der Waals surface area contributed by atoms with E-state index < -0.39 is 32.4 Å². The fraction of sp³-hybridized carbons (Fsp3) is 0.342. The first kappa shape index (κ1) is 70.4. The molecular weight excluding hydrogens is 1230 g/mol. The van der Waals surface area contributed by atoms with Crippen molar-refractivity contribution in [2.75, 3.05) is 50.3 Å². The number of amides is 2. The lowest BCUT2D eigenvalue weighted by Gasteiger charge is -2.12. The van der Waals surface area contributed by atoms with Gasteiger partial charge in [0.1, 0.15) is 24.7 Å². The van der Waals surface area contributed by atoms with Crippen LogP contribution in [0, 0.1) is 6.92 Å². The Morgan fingerprint density at radius 3 is 1.67 bits per heavy atom. The quantitative estimate of drug-likeness (QED) is 0.0214. The number of nitrogens with one attached hydrogen (secondary N) is 2. The highest BCUT2D eigenvalue weighted by Crippen LogP contribution is 2.33. The molecule has 0 aliphatic heterocycles. The lowest BCUT2D eigenvalue weighted by Crippen LogP contribution is -2.09. The third-order valence-electron chi connectivity index (χ3n) is 14.8. The lowest BCUT2D eigenvalue weighted by atomic mass is 10.0. The van der Waals surface area contributed by atoms with E-state index in [4.69, 9.17) is 18.9 Å². The molecule has 15 nitrogen and oxygen atoms in total. The number of aryl methyl sites for hydroxylation is 3. The van der Waals surface area contributed by atoms with E-state index in [1.807, 2.05) is 104 Å². The van der Waals surface area contributed by atoms with E-state index in [1.165, 1.54) is 6.08 Å². The Morgan fingerprint density at radius 2 is 1.11 bits per heavy atom. The molecule has 6 aromatic carbocycles. The van der Waals surface area contributed by atoms with Gasteiger partial charge in [0.2, 0.25) is 11.8 Å². The second-order valence-electron chi connectivity index (χ2n) is 22.6. The molecule has 0 aliphatic rings. The van der Waals surface area contributed by atoms with Crippen LogP contribution in [0.4, 0.5) is 11.4 Å². The number of hydrogen-bond donors (Lipinski definition) is 2. The van der Waals surface area contributed by atoms with Gasteiger partial charge in [-0.2, -0.15) is 0 Å². The molecule has 8 rings (SSSR count). The standard InChI is InChI=1S/C73H86N6O9S4/c1-8-10-40-85-42-44-87-66-28-16-57(17-29-66)59-19-35-71(92(84)54(5)6)61(47-59)21-37-73(81)77-63-24-32-68(33-25-63)91(83)50-69-55(7)75-52-79(69)39-12-11-13-41-86-43-45-88-65-26-14-56(15-27-65)58-18-34-70(89-53(3)4)60(46-58)20-36-72(80)76-62-22-30-67(31-23-62)90(82)49-64-48-74-51-78(64)38-9-2/h14-37,46-48,51-54H,8-13,38-45,49-50H2,1-7H3,(H,76,80)(H,77,81)/b36-20+,37-21+. The first-order chi connectivity index (χ1) is 44.6. The Hall–Kier alpha value is -7.52. The van der Waals surface area contributed by atoms with Crippen LogP contribution in [0.2, 0.25) is 0 Å². The topological polar surface area (TPSA) is 182 Å². The van der Waals surface area contributed by atoms with Gasteiger partial charge in [-0.15, -0.1) is 11.8 Å². The number of hydrogen-bond acceptors (Lipinski definition) is 12. The Kier molecular flexibility index (Phi) is 28.0. The van der Waals surface area contributed by atoms with Crippen molar-refractivity contribution in [1.29, 1.82) is 0 Å². The third kappa shape index (κ3) is 21.8. The number of carbonyl (C=O) groups excluding carboxylic acids is 2. The molecule has 2 amide bonds. The van der Waals surface area contributed by atoms with Crippen molar-refractivity contribution in [2.24, 2.45) is 0 Å². The van der Waals surface area contributed by atoms with Gasteiger partial charge in [0.25, 0.3) is 0 Å². The number of anilines is 2. The fourth-order valence-corrected chi connectivity index (χ4v) is 14.2. The van der Waals surface area contributed by atoms with E-state index in [-0.39, 0.29) is 17.1 Å². The summed E-state index contributed by atoms with van der Waals surface area (Å²) in [5, 5.41) is 6.08. The van der Waals surface area contributed by atoms with Crippen molar-refractivity contribution in [1.82, 2.24) is 19.1 Å². The van der Waals surface area contributed by atoms with Gasteiger partial charge in [0, 0.05) is 86.1 Å². The van der Waals surface area contributed by atoms with Gasteiger partial charge in [0.15, 0.2) is 0 Å². The molecule has 3 atom stereocenters. The molecule has 0 saturated carbocycles. The van der Waals surface area contributed by atoms with E-state index in [9.17, 15) is 22.2 Å². The van der Waals surface area contributed by atoms with Gasteiger partial charge in [-0.3, -0.25) is 22.2 Å². The second-order valence-corrected chi connectivity index (χ2v) is 29.1. The minimum absolute atomic E-state index is 0.115. The summed E-state index contributed by atoms with van der Waals surface area (Å²) in [6.45, 7) is 19.1. The fourth-order valence-electron chi connectivity index (χ4n) is 9.86. The number of imidazole rings is 2. The van der Waals surface area contributed by atoms with Gasteiger partial charge >= 0.3 is 0 Å². The minimum atomic E-state index is -1.35. The number of aromatic nitrogens is 4. The van der Waals surface area contributed by atoms with Crippen LogP contribution in [0.25, 0.3) is 34.4 Å². The minimum Gasteiger partial charge on any atom is -0.491 e. The Bertz CT molecular complexity index is 3790. The zero-order valence-electron chi connectivity index (χ0n) is 53.8. The monoisotopic (exact) mass is 1320 g/mol. The van der Waals surface area contributed by atoms with Gasteiger partial charge in [-0.1, -0.05) is 84.4 Å². The van der Waals surface area contributed by atoms with Crippen LogP contribution in [0.5, 0.6) is 11.5 Å². The van der Waals surface area contributed by atoms with E-state index in [1.54, 1.807) is 85.0 Å². The summed E-state index contributed by atoms with van der Waals surface area (Å²) in [7, 11) is -3.88. The highest BCUT2D eigenvalue weighted by Gasteiger charge is 2.17. The Balaban J connectivity index is 0.735. The first-order valence-corrected chi connectivity index (χ1v) is 36.3. The number of thioether (sulfide) groups is 1. The number of unbranched alkanes of at least 4 members (excludes halogenated alkanes) is 3. The van der Waals surface area contributed by atoms with E-state index in [0.29, 0.717) is 81.4 Å². The predicted molar refractivity (Wildman–Crippen MR) is 376 cm³/mol. The van der Waals surface area contributed by atoms with Crippen molar-refractivity contribution in [2.45, 2.75) is 142 Å². The van der Waals surface area contributed by atoms with E-state index in [2.05, 4.69) is 71.1 Å². The average Bonchev–Trinajstić information content (AvgIpc) is 1.07. The van der Waals surface area contributed by atoms with Gasteiger partial charge in [-0.25, -0.2) is 9.97 Å². The molecule has 0 bridgehead atoms. The number of carbonyl (C=O) groups is 2. The molecule has 2 aromatic heterocycles. The molecule has 0 radical (unpaired) electrons. The molecule has 0 spiro atoms. The van der Waals surface area contributed by atoms with Crippen molar-refractivity contribution in [3.05, 3.63) is 193 Å². The third-order valence-corrected chi connectivity index (χ3v) is 20.2. The SMILES string of the molecule is CCCCOCCOc1ccc(-c2ccc(S(=O)C(C)C)c(/C=C/C(=O)Nc3ccc(S(=O)Cc4c(C)ncn4CCCCCOCCOc4ccc(-c5ccc(SC(C)C)c(/C=C/C(=O)Nc6ccc(S(=O)Cc7cncn7CCC)cc6)c5)cc4)cc3)c2)cc1. The second kappa shape index (κ2) is 36.7. The van der Waals surface area contributed by atoms with Crippen LogP contribution in [0.3, 0.4) is 0 Å². The number of benzene rings is 6. The molecule has 2 N–H and O–H groups in total. The number of ether oxygens (including phenoxy) is 4. The smallest absolute Gasteiger partial charge is 0.248 e. The molecule has 19 heteroatoms. The predicted octanol–water partition coefficient (Wildman–Crippen LogP) is 15.5. The highest BCUT2D eigenvalue weighted by atomic mass is 32.2. The summed E-state index contributed by atoms with van der Waals surface area (Å²) in [6, 6.07) is 42.1. The van der Waals surface area contributed by atoms with Crippen LogP contribution in [-0.4, -0.2) is 93.7 Å². The summed E-state index contributed by atoms with van der Waals surface area (Å²) < 4.78 is 67.7. The summed E-state index contributed by atoms with van der Waals surface area (Å²) in [6.07, 6.45) is 17.8. The van der Waals surface area contributed by atoms with Crippen LogP contribution < -0.4 is 20.1 Å². The van der Waals surface area contributed by atoms with E-state index in [0.717, 1.165) is 120 Å². The van der Waals surface area contributed by atoms with Crippen LogP contribution in [0.1, 0.15) is 108 Å². The molecular formula is C73H86N6O9S4. The van der Waals surface area contributed by atoms with Crippen molar-refractivity contribution in [3.8, 4) is 33.8 Å². The highest BCUT2D eigenvalue weighted by molar-refractivity contribution is 8.00. The largest absolute Gasteiger partial charge is 0.491 e. The van der Waals surface area contributed by atoms with Crippen molar-refractivity contribution < 1.29 is 41.2 Å². The zero-order chi connectivity index (χ0) is 65.2. The lowest BCUT2D eigenvalue weighted by molar-refractivity contribution is -0.112. The number of nitrogens with zero attached hydrogens (tertiary/aromatic N) is 4. The average molecular weight is 1320 g/mol. The maximum absolute atomic E-state index is 13.7. The van der Waals surface area contributed by atoms with Gasteiger partial charge in [-0.05, 0) is 182 Å². The Labute approximate surface area is 554 Å². The van der Waals surface area contributed by atoms with Crippen LogP contribution in [0.15, 0.2) is 184 Å². The maximum atomic E-state index is 13.7. The van der Waals surface area contributed by atoms with Gasteiger partial charge in [0.05, 0.1) is 86.9 Å². The molecule has 486 valence electrons. The molecule has 0 aliphatic carbocycles. The van der Waals surface area contributed by atoms with Crippen molar-refractivity contribution in [3.63, 3.8) is 0 Å². The molecule has 8 aromatic rings. The van der Waals surface area contributed by atoms with Crippen LogP contribution >= 0.6 is 11.8 Å². The summed E-state index contributed by atoms with van der Waals surface area (Å²) in [5.74, 6) is 1.57. The normalized spacial score (nSPS) is 12.7. The summed E-state index contributed by atoms with van der Waals surface area (Å²) in [5.41, 5.74) is 9.43.